The molecule has 0 bridgehead atoms. The first kappa shape index (κ1) is 31.1. The smallest absolute Gasteiger partial charge is 0.362 e. The fourth-order valence-electron chi connectivity index (χ4n) is 5.96. The lowest BCUT2D eigenvalue weighted by Gasteiger charge is -2.19. The predicted molar refractivity (Wildman–Crippen MR) is 160 cm³/mol. The number of aliphatic carboxylic acids is 1. The number of nitrogens with zero attached hydrogens (tertiary/aromatic N) is 1. The number of ether oxygens (including phenoxy) is 1. The molecule has 1 saturated heterocycles. The molecule has 7 nitrogen and oxygen atoms in total. The van der Waals surface area contributed by atoms with Gasteiger partial charge in [0.25, 0.3) is 0 Å². The van der Waals surface area contributed by atoms with Gasteiger partial charge >= 0.3 is 11.9 Å². The van der Waals surface area contributed by atoms with Crippen molar-refractivity contribution in [2.45, 2.75) is 71.6 Å². The van der Waals surface area contributed by atoms with Gasteiger partial charge in [0.2, 0.25) is 0 Å². The number of fused-ring (bicyclic) bond motifs is 1. The van der Waals surface area contributed by atoms with E-state index < -0.39 is 18.0 Å². The zero-order valence-corrected chi connectivity index (χ0v) is 25.5. The molecule has 3 aromatic carbocycles. The number of halogens is 1. The summed E-state index contributed by atoms with van der Waals surface area (Å²) in [5.41, 5.74) is 5.62. The minimum absolute atomic E-state index is 0. The van der Waals surface area contributed by atoms with Gasteiger partial charge < -0.3 is 36.8 Å². The van der Waals surface area contributed by atoms with Crippen molar-refractivity contribution >= 4 is 22.8 Å². The lowest BCUT2D eigenvalue weighted by Crippen LogP contribution is -3.13. The Balaban J connectivity index is 0.00000405. The molecule has 1 aliphatic rings. The largest absolute Gasteiger partial charge is 1.00 e. The molecule has 0 aliphatic carbocycles. The standard InChI is InChI=1S/C34H38N2O5.ClH/c1-21(2)41-26-15-13-25(14-16-26)36-29-17-10-23(22-8-11-24(12-9-22)34(3,4)5)19-27(29)28(31(36)33(39)40)20-35-18-6-7-30(35)32(37)38;/h8-17,19,21,30H,6-7,18,20H2,1-5H3,(H,37,38)(H,39,40);1H. The van der Waals surface area contributed by atoms with Crippen molar-refractivity contribution in [3.63, 3.8) is 0 Å². The molecular weight excluding hydrogens is 552 g/mol. The van der Waals surface area contributed by atoms with Gasteiger partial charge in [-0.15, -0.1) is 0 Å². The third kappa shape index (κ3) is 6.18. The van der Waals surface area contributed by atoms with Crippen LogP contribution < -0.4 is 22.0 Å². The van der Waals surface area contributed by atoms with Crippen LogP contribution >= 0.6 is 0 Å². The molecule has 8 heteroatoms. The second kappa shape index (κ2) is 12.2. The molecule has 2 heterocycles. The van der Waals surface area contributed by atoms with Crippen LogP contribution in [0.1, 0.15) is 69.1 Å². The Hall–Kier alpha value is -3.81. The first-order chi connectivity index (χ1) is 19.4. The first-order valence-corrected chi connectivity index (χ1v) is 14.3. The minimum atomic E-state index is -1.04. The van der Waals surface area contributed by atoms with Crippen molar-refractivity contribution in [3.05, 3.63) is 83.6 Å². The molecule has 1 aromatic heterocycles. The molecule has 2 unspecified atom stereocenters. The molecule has 222 valence electrons. The van der Waals surface area contributed by atoms with Crippen LogP contribution in [-0.4, -0.2) is 45.4 Å². The number of aromatic nitrogens is 1. The molecule has 1 fully saturated rings. The summed E-state index contributed by atoms with van der Waals surface area (Å²) in [6, 6.07) is 21.5. The maximum atomic E-state index is 12.9. The Morgan fingerprint density at radius 3 is 2.19 bits per heavy atom. The molecule has 4 aromatic rings. The topological polar surface area (TPSA) is 93.2 Å². The molecule has 42 heavy (non-hydrogen) atoms. The van der Waals surface area contributed by atoms with Gasteiger partial charge in [-0.2, -0.15) is 0 Å². The number of aromatic carboxylic acids is 1. The Morgan fingerprint density at radius 2 is 1.62 bits per heavy atom. The van der Waals surface area contributed by atoms with E-state index in [1.807, 2.05) is 50.2 Å². The van der Waals surface area contributed by atoms with Crippen LogP contribution in [0, 0.1) is 0 Å². The summed E-state index contributed by atoms with van der Waals surface area (Å²) in [7, 11) is 0. The SMILES string of the molecule is CC(C)Oc1ccc(-n2c(C(=O)O)c(C[NH+]3CCCC3C(=O)O)c3cc(-c4ccc(C(C)(C)C)cc4)ccc32)cc1.[Cl-]. The normalized spacial score (nSPS) is 16.9. The summed E-state index contributed by atoms with van der Waals surface area (Å²) in [5, 5.41) is 21.2. The highest BCUT2D eigenvalue weighted by Gasteiger charge is 2.37. The van der Waals surface area contributed by atoms with E-state index in [1.165, 1.54) is 5.56 Å². The predicted octanol–water partition coefficient (Wildman–Crippen LogP) is 2.72. The Morgan fingerprint density at radius 1 is 0.976 bits per heavy atom. The van der Waals surface area contributed by atoms with Crippen LogP contribution in [0.2, 0.25) is 0 Å². The maximum Gasteiger partial charge on any atom is 0.362 e. The van der Waals surface area contributed by atoms with E-state index >= 15 is 0 Å². The molecular formula is C34H39ClN2O5. The quantitative estimate of drug-likeness (QED) is 0.293. The van der Waals surface area contributed by atoms with E-state index in [2.05, 4.69) is 51.1 Å². The lowest BCUT2D eigenvalue weighted by molar-refractivity contribution is -0.917. The molecule has 1 aliphatic heterocycles. The number of likely N-dealkylation sites (tertiary alicyclic amines) is 1. The van der Waals surface area contributed by atoms with Crippen LogP contribution in [0.15, 0.2) is 66.7 Å². The summed E-state index contributed by atoms with van der Waals surface area (Å²) < 4.78 is 7.59. The van der Waals surface area contributed by atoms with Crippen LogP contribution in [0.4, 0.5) is 0 Å². The average molecular weight is 591 g/mol. The number of carboxylic acids is 2. The van der Waals surface area contributed by atoms with Crippen LogP contribution in [0.5, 0.6) is 5.75 Å². The Bertz CT molecular complexity index is 1580. The van der Waals surface area contributed by atoms with Gasteiger partial charge in [0.05, 0.1) is 18.2 Å². The van der Waals surface area contributed by atoms with E-state index in [9.17, 15) is 19.8 Å². The van der Waals surface area contributed by atoms with Crippen molar-refractivity contribution in [1.29, 1.82) is 0 Å². The second-order valence-corrected chi connectivity index (χ2v) is 12.3. The van der Waals surface area contributed by atoms with Crippen LogP contribution in [-0.2, 0) is 16.8 Å². The number of carboxylic acid groups (broad SMARTS) is 2. The number of hydrogen-bond acceptors (Lipinski definition) is 3. The van der Waals surface area contributed by atoms with Crippen molar-refractivity contribution in [1.82, 2.24) is 4.57 Å². The second-order valence-electron chi connectivity index (χ2n) is 12.3. The molecule has 0 saturated carbocycles. The highest BCUT2D eigenvalue weighted by molar-refractivity contribution is 6.01. The molecule has 0 radical (unpaired) electrons. The summed E-state index contributed by atoms with van der Waals surface area (Å²) in [6.07, 6.45) is 1.42. The molecule has 0 spiro atoms. The lowest BCUT2D eigenvalue weighted by atomic mass is 9.86. The van der Waals surface area contributed by atoms with Gasteiger partial charge in [-0.25, -0.2) is 9.59 Å². The number of hydrogen-bond donors (Lipinski definition) is 3. The molecule has 0 amide bonds. The van der Waals surface area contributed by atoms with Gasteiger partial charge in [0.15, 0.2) is 6.04 Å². The van der Waals surface area contributed by atoms with Gasteiger partial charge in [0, 0.05) is 29.5 Å². The summed E-state index contributed by atoms with van der Waals surface area (Å²) >= 11 is 0. The monoisotopic (exact) mass is 590 g/mol. The van der Waals surface area contributed by atoms with E-state index in [1.54, 1.807) is 4.57 Å². The summed E-state index contributed by atoms with van der Waals surface area (Å²) in [5.74, 6) is -1.16. The number of carbonyl (C=O) groups is 2. The van der Waals surface area contributed by atoms with Crippen molar-refractivity contribution < 1.29 is 41.8 Å². The molecule has 2 atom stereocenters. The number of nitrogens with one attached hydrogen (secondary N) is 1. The third-order valence-corrected chi connectivity index (χ3v) is 8.01. The summed E-state index contributed by atoms with van der Waals surface area (Å²) in [6.45, 7) is 11.5. The van der Waals surface area contributed by atoms with Crippen LogP contribution in [0.25, 0.3) is 27.7 Å². The number of benzene rings is 3. The fraction of sp³-hybridized carbons (Fsp3) is 0.353. The van der Waals surface area contributed by atoms with Gasteiger partial charge in [-0.1, -0.05) is 51.1 Å². The van der Waals surface area contributed by atoms with E-state index in [0.29, 0.717) is 36.5 Å². The fourth-order valence-corrected chi connectivity index (χ4v) is 5.96. The van der Waals surface area contributed by atoms with Crippen molar-refractivity contribution in [2.75, 3.05) is 6.54 Å². The molecule has 3 N–H and O–H groups in total. The molecule has 5 rings (SSSR count). The zero-order valence-electron chi connectivity index (χ0n) is 24.8. The number of quaternary nitrogens is 1. The van der Waals surface area contributed by atoms with Gasteiger partial charge in [-0.3, -0.25) is 0 Å². The average Bonchev–Trinajstić information content (AvgIpc) is 3.51. The van der Waals surface area contributed by atoms with Crippen LogP contribution in [0.3, 0.4) is 0 Å². The Labute approximate surface area is 253 Å². The van der Waals surface area contributed by atoms with Crippen molar-refractivity contribution in [3.8, 4) is 22.6 Å². The minimum Gasteiger partial charge on any atom is -1.00 e. The van der Waals surface area contributed by atoms with E-state index in [-0.39, 0.29) is 29.6 Å². The maximum absolute atomic E-state index is 12.9. The zero-order chi connectivity index (χ0) is 29.5. The van der Waals surface area contributed by atoms with E-state index in [4.69, 9.17) is 4.74 Å². The highest BCUT2D eigenvalue weighted by atomic mass is 35.5. The van der Waals surface area contributed by atoms with Gasteiger partial charge in [0.1, 0.15) is 18.0 Å². The number of rotatable bonds is 8. The highest BCUT2D eigenvalue weighted by Crippen LogP contribution is 2.35. The summed E-state index contributed by atoms with van der Waals surface area (Å²) in [4.78, 5) is 25.8. The third-order valence-electron chi connectivity index (χ3n) is 8.01. The Kier molecular flexibility index (Phi) is 9.04. The van der Waals surface area contributed by atoms with E-state index in [0.717, 1.165) is 33.4 Å². The van der Waals surface area contributed by atoms with Crippen molar-refractivity contribution in [2.24, 2.45) is 0 Å². The van der Waals surface area contributed by atoms with Gasteiger partial charge in [-0.05, 0) is 72.4 Å². The first-order valence-electron chi connectivity index (χ1n) is 14.3.